The molecule has 0 aliphatic heterocycles. The van der Waals surface area contributed by atoms with E-state index in [0.717, 1.165) is 29.7 Å². The highest BCUT2D eigenvalue weighted by atomic mass is 16.5. The average Bonchev–Trinajstić information content (AvgIpc) is 2.73. The fourth-order valence-electron chi connectivity index (χ4n) is 3.23. The standard InChI is InChI=1S/C23H28N2O4/c1-5-17-8-7-9-18(6-2)22(17)25(16(3)26)15-14-21(27)24-20-12-10-19(11-13-20)23(28)29-4/h7-13H,5-6,14-15H2,1-4H3,(H,24,27). The summed E-state index contributed by atoms with van der Waals surface area (Å²) < 4.78 is 4.66. The van der Waals surface area contributed by atoms with Crippen LogP contribution in [0.5, 0.6) is 0 Å². The lowest BCUT2D eigenvalue weighted by atomic mass is 10.0. The number of hydrogen-bond donors (Lipinski definition) is 1. The molecule has 0 saturated carbocycles. The van der Waals surface area contributed by atoms with Crippen LogP contribution in [0.1, 0.15) is 48.7 Å². The minimum absolute atomic E-state index is 0.0872. The van der Waals surface area contributed by atoms with Crippen LogP contribution in [-0.2, 0) is 27.2 Å². The van der Waals surface area contributed by atoms with Gasteiger partial charge in [0.25, 0.3) is 0 Å². The monoisotopic (exact) mass is 396 g/mol. The van der Waals surface area contributed by atoms with Crippen LogP contribution in [0.3, 0.4) is 0 Å². The zero-order chi connectivity index (χ0) is 21.4. The summed E-state index contributed by atoms with van der Waals surface area (Å²) in [5.41, 5.74) is 4.11. The van der Waals surface area contributed by atoms with E-state index in [1.54, 1.807) is 29.2 Å². The van der Waals surface area contributed by atoms with Crippen LogP contribution in [-0.4, -0.2) is 31.4 Å². The van der Waals surface area contributed by atoms with E-state index in [-0.39, 0.29) is 18.2 Å². The van der Waals surface area contributed by atoms with Gasteiger partial charge in [0, 0.05) is 31.3 Å². The Labute approximate surface area is 171 Å². The van der Waals surface area contributed by atoms with Crippen molar-refractivity contribution in [3.05, 3.63) is 59.2 Å². The summed E-state index contributed by atoms with van der Waals surface area (Å²) in [5.74, 6) is -0.716. The number of ether oxygens (including phenoxy) is 1. The number of hydrogen-bond acceptors (Lipinski definition) is 4. The third-order valence-corrected chi connectivity index (χ3v) is 4.77. The van der Waals surface area contributed by atoms with Gasteiger partial charge in [-0.2, -0.15) is 0 Å². The quantitative estimate of drug-likeness (QED) is 0.685. The van der Waals surface area contributed by atoms with Crippen LogP contribution >= 0.6 is 0 Å². The maximum Gasteiger partial charge on any atom is 0.337 e. The largest absolute Gasteiger partial charge is 0.465 e. The second-order valence-electron chi connectivity index (χ2n) is 6.67. The van der Waals surface area contributed by atoms with Gasteiger partial charge in [-0.05, 0) is 48.2 Å². The van der Waals surface area contributed by atoms with Crippen molar-refractivity contribution < 1.29 is 19.1 Å². The first-order chi connectivity index (χ1) is 13.9. The number of carbonyl (C=O) groups is 3. The number of aryl methyl sites for hydroxylation is 2. The molecule has 0 atom stereocenters. The Balaban J connectivity index is 2.09. The molecule has 0 heterocycles. The Morgan fingerprint density at radius 2 is 1.55 bits per heavy atom. The summed E-state index contributed by atoms with van der Waals surface area (Å²) in [4.78, 5) is 37.9. The number of methoxy groups -OCH3 is 1. The van der Waals surface area contributed by atoms with Gasteiger partial charge in [-0.25, -0.2) is 4.79 Å². The molecule has 154 valence electrons. The zero-order valence-electron chi connectivity index (χ0n) is 17.5. The van der Waals surface area contributed by atoms with Crippen molar-refractivity contribution >= 4 is 29.2 Å². The Hall–Kier alpha value is -3.15. The molecule has 0 unspecified atom stereocenters. The van der Waals surface area contributed by atoms with Crippen LogP contribution in [0.4, 0.5) is 11.4 Å². The van der Waals surface area contributed by atoms with E-state index in [1.165, 1.54) is 14.0 Å². The predicted molar refractivity (Wildman–Crippen MR) is 114 cm³/mol. The van der Waals surface area contributed by atoms with Crippen LogP contribution in [0.2, 0.25) is 0 Å². The van der Waals surface area contributed by atoms with Gasteiger partial charge in [0.15, 0.2) is 0 Å². The van der Waals surface area contributed by atoms with E-state index >= 15 is 0 Å². The van der Waals surface area contributed by atoms with Gasteiger partial charge in [-0.1, -0.05) is 32.0 Å². The van der Waals surface area contributed by atoms with E-state index in [0.29, 0.717) is 17.8 Å². The molecule has 6 heteroatoms. The van der Waals surface area contributed by atoms with Gasteiger partial charge >= 0.3 is 5.97 Å². The number of benzene rings is 2. The minimum atomic E-state index is -0.429. The van der Waals surface area contributed by atoms with Crippen molar-refractivity contribution in [3.63, 3.8) is 0 Å². The Bertz CT molecular complexity index is 853. The Morgan fingerprint density at radius 3 is 2.03 bits per heavy atom. The molecule has 2 aromatic rings. The number of esters is 1. The molecule has 2 aromatic carbocycles. The first-order valence-corrected chi connectivity index (χ1v) is 9.78. The molecule has 0 aliphatic carbocycles. The van der Waals surface area contributed by atoms with Crippen molar-refractivity contribution in [1.29, 1.82) is 0 Å². The third kappa shape index (κ3) is 5.67. The average molecular weight is 396 g/mol. The van der Waals surface area contributed by atoms with Crippen LogP contribution in [0.15, 0.2) is 42.5 Å². The third-order valence-electron chi connectivity index (χ3n) is 4.77. The molecule has 2 amide bonds. The van der Waals surface area contributed by atoms with Crippen LogP contribution in [0, 0.1) is 0 Å². The topological polar surface area (TPSA) is 75.7 Å². The lowest BCUT2D eigenvalue weighted by Crippen LogP contribution is -2.33. The molecule has 6 nitrogen and oxygen atoms in total. The van der Waals surface area contributed by atoms with Gasteiger partial charge in [0.2, 0.25) is 11.8 Å². The number of nitrogens with zero attached hydrogens (tertiary/aromatic N) is 1. The molecule has 0 saturated heterocycles. The molecule has 0 aliphatic rings. The van der Waals surface area contributed by atoms with E-state index in [1.807, 2.05) is 18.2 Å². The number of amides is 2. The lowest BCUT2D eigenvalue weighted by Gasteiger charge is -2.26. The number of anilines is 2. The van der Waals surface area contributed by atoms with Gasteiger partial charge in [-0.15, -0.1) is 0 Å². The first kappa shape index (κ1) is 22.1. The molecule has 0 spiro atoms. The summed E-state index contributed by atoms with van der Waals surface area (Å²) in [7, 11) is 1.32. The number of nitrogens with one attached hydrogen (secondary N) is 1. The summed E-state index contributed by atoms with van der Waals surface area (Å²) in [6, 6.07) is 12.5. The van der Waals surface area contributed by atoms with Crippen molar-refractivity contribution in [1.82, 2.24) is 0 Å². The maximum atomic E-state index is 12.4. The van der Waals surface area contributed by atoms with Crippen molar-refractivity contribution in [2.24, 2.45) is 0 Å². The van der Waals surface area contributed by atoms with Crippen molar-refractivity contribution in [3.8, 4) is 0 Å². The number of para-hydroxylation sites is 1. The van der Waals surface area contributed by atoms with E-state index in [4.69, 9.17) is 0 Å². The molecule has 0 aromatic heterocycles. The molecule has 29 heavy (non-hydrogen) atoms. The van der Waals surface area contributed by atoms with E-state index < -0.39 is 5.97 Å². The Morgan fingerprint density at radius 1 is 0.966 bits per heavy atom. The summed E-state index contributed by atoms with van der Waals surface area (Å²) in [6.07, 6.45) is 1.79. The van der Waals surface area contributed by atoms with Gasteiger partial charge in [0.1, 0.15) is 0 Å². The van der Waals surface area contributed by atoms with Crippen LogP contribution in [0.25, 0.3) is 0 Å². The molecular formula is C23H28N2O4. The normalized spacial score (nSPS) is 10.3. The SMILES string of the molecule is CCc1cccc(CC)c1N(CCC(=O)Nc1ccc(C(=O)OC)cc1)C(C)=O. The molecule has 0 fully saturated rings. The minimum Gasteiger partial charge on any atom is -0.465 e. The fraction of sp³-hybridized carbons (Fsp3) is 0.348. The van der Waals surface area contributed by atoms with Crippen LogP contribution < -0.4 is 10.2 Å². The molecule has 1 N–H and O–H groups in total. The molecular weight excluding hydrogens is 368 g/mol. The molecule has 0 bridgehead atoms. The number of rotatable bonds is 8. The number of carbonyl (C=O) groups excluding carboxylic acids is 3. The van der Waals surface area contributed by atoms with Gasteiger partial charge < -0.3 is 15.0 Å². The second-order valence-corrected chi connectivity index (χ2v) is 6.67. The van der Waals surface area contributed by atoms with E-state index in [9.17, 15) is 14.4 Å². The maximum absolute atomic E-state index is 12.4. The smallest absolute Gasteiger partial charge is 0.337 e. The van der Waals surface area contributed by atoms with E-state index in [2.05, 4.69) is 23.9 Å². The van der Waals surface area contributed by atoms with Crippen molar-refractivity contribution in [2.75, 3.05) is 23.9 Å². The summed E-state index contributed by atoms with van der Waals surface area (Å²) in [5, 5.41) is 2.80. The lowest BCUT2D eigenvalue weighted by molar-refractivity contribution is -0.117. The predicted octanol–water partition coefficient (Wildman–Crippen LogP) is 3.98. The fourth-order valence-corrected chi connectivity index (χ4v) is 3.23. The van der Waals surface area contributed by atoms with Crippen molar-refractivity contribution in [2.45, 2.75) is 40.0 Å². The van der Waals surface area contributed by atoms with Gasteiger partial charge in [-0.3, -0.25) is 9.59 Å². The highest BCUT2D eigenvalue weighted by Gasteiger charge is 2.19. The highest BCUT2D eigenvalue weighted by Crippen LogP contribution is 2.27. The summed E-state index contributed by atoms with van der Waals surface area (Å²) in [6.45, 7) is 5.93. The molecule has 2 rings (SSSR count). The molecule has 0 radical (unpaired) electrons. The zero-order valence-corrected chi connectivity index (χ0v) is 17.5. The second kappa shape index (κ2) is 10.4. The Kier molecular flexibility index (Phi) is 7.95. The highest BCUT2D eigenvalue weighted by molar-refractivity contribution is 5.96. The summed E-state index contributed by atoms with van der Waals surface area (Å²) >= 11 is 0. The first-order valence-electron chi connectivity index (χ1n) is 9.78. The van der Waals surface area contributed by atoms with Gasteiger partial charge in [0.05, 0.1) is 12.7 Å².